The molecule has 18 heavy (non-hydrogen) atoms. The van der Waals surface area contributed by atoms with Crippen LogP contribution in [0.3, 0.4) is 0 Å². The molecule has 0 radical (unpaired) electrons. The van der Waals surface area contributed by atoms with Crippen molar-refractivity contribution >= 4 is 0 Å². The fourth-order valence-electron chi connectivity index (χ4n) is 1.86. The van der Waals surface area contributed by atoms with Crippen LogP contribution in [0.2, 0.25) is 0 Å². The molecule has 0 unspecified atom stereocenters. The first kappa shape index (κ1) is 12.2. The molecule has 92 valence electrons. The Kier molecular flexibility index (Phi) is 3.33. The Morgan fingerprint density at radius 3 is 2.50 bits per heavy atom. The number of hydrogen-bond acceptors (Lipinski definition) is 2. The Morgan fingerprint density at radius 1 is 1.22 bits per heavy atom. The molecule has 1 N–H and O–H groups in total. The SMILES string of the molecule is Cc1ccc(C)n1NCc1cc(C#N)ccc1F. The van der Waals surface area contributed by atoms with Crippen molar-refractivity contribution in [3.63, 3.8) is 0 Å². The van der Waals surface area contributed by atoms with E-state index in [1.165, 1.54) is 12.1 Å². The number of nitriles is 1. The summed E-state index contributed by atoms with van der Waals surface area (Å²) in [6.45, 7) is 4.29. The number of aryl methyl sites for hydroxylation is 2. The summed E-state index contributed by atoms with van der Waals surface area (Å²) in [7, 11) is 0. The molecule has 0 amide bonds. The summed E-state index contributed by atoms with van der Waals surface area (Å²) in [4.78, 5) is 0. The van der Waals surface area contributed by atoms with Gasteiger partial charge in [-0.25, -0.2) is 4.39 Å². The van der Waals surface area contributed by atoms with Crippen LogP contribution in [0.15, 0.2) is 30.3 Å². The Balaban J connectivity index is 2.18. The van der Waals surface area contributed by atoms with E-state index in [0.717, 1.165) is 11.4 Å². The van der Waals surface area contributed by atoms with E-state index >= 15 is 0 Å². The Labute approximate surface area is 105 Å². The van der Waals surface area contributed by atoms with Crippen LogP contribution in [0.5, 0.6) is 0 Å². The number of rotatable bonds is 3. The average Bonchev–Trinajstić information content (AvgIpc) is 2.68. The third-order valence-electron chi connectivity index (χ3n) is 2.87. The molecule has 0 saturated heterocycles. The third kappa shape index (κ3) is 2.35. The zero-order chi connectivity index (χ0) is 13.1. The fraction of sp³-hybridized carbons (Fsp3) is 0.214. The minimum absolute atomic E-state index is 0.302. The van der Waals surface area contributed by atoms with Crippen molar-refractivity contribution in [1.82, 2.24) is 4.68 Å². The van der Waals surface area contributed by atoms with E-state index in [0.29, 0.717) is 17.7 Å². The van der Waals surface area contributed by atoms with E-state index in [9.17, 15) is 4.39 Å². The number of nitrogens with zero attached hydrogens (tertiary/aromatic N) is 2. The third-order valence-corrected chi connectivity index (χ3v) is 2.87. The highest BCUT2D eigenvalue weighted by molar-refractivity contribution is 5.34. The van der Waals surface area contributed by atoms with Crippen molar-refractivity contribution in [2.45, 2.75) is 20.4 Å². The highest BCUT2D eigenvalue weighted by Gasteiger charge is 2.05. The summed E-state index contributed by atoms with van der Waals surface area (Å²) in [6, 6.07) is 10.4. The summed E-state index contributed by atoms with van der Waals surface area (Å²) in [5.74, 6) is -0.302. The molecule has 1 aromatic carbocycles. The minimum Gasteiger partial charge on any atom is -0.321 e. The number of aromatic nitrogens is 1. The molecular formula is C14H14FN3. The first-order valence-electron chi connectivity index (χ1n) is 5.69. The molecule has 1 aromatic heterocycles. The van der Waals surface area contributed by atoms with Gasteiger partial charge in [0.15, 0.2) is 0 Å². The van der Waals surface area contributed by atoms with Crippen LogP contribution in [0.4, 0.5) is 4.39 Å². The quantitative estimate of drug-likeness (QED) is 0.900. The maximum absolute atomic E-state index is 13.6. The van der Waals surface area contributed by atoms with Gasteiger partial charge in [0, 0.05) is 17.0 Å². The number of nitrogens with one attached hydrogen (secondary N) is 1. The van der Waals surface area contributed by atoms with Gasteiger partial charge in [-0.3, -0.25) is 4.68 Å². The van der Waals surface area contributed by atoms with Crippen LogP contribution >= 0.6 is 0 Å². The first-order valence-corrected chi connectivity index (χ1v) is 5.69. The lowest BCUT2D eigenvalue weighted by atomic mass is 10.1. The summed E-state index contributed by atoms with van der Waals surface area (Å²) in [6.07, 6.45) is 0. The second kappa shape index (κ2) is 4.92. The van der Waals surface area contributed by atoms with Gasteiger partial charge in [0.1, 0.15) is 5.82 Å². The Bertz CT molecular complexity index is 588. The zero-order valence-corrected chi connectivity index (χ0v) is 10.4. The lowest BCUT2D eigenvalue weighted by Gasteiger charge is -2.13. The van der Waals surface area contributed by atoms with E-state index < -0.39 is 0 Å². The first-order chi connectivity index (χ1) is 8.61. The van der Waals surface area contributed by atoms with Gasteiger partial charge < -0.3 is 5.43 Å². The van der Waals surface area contributed by atoms with Gasteiger partial charge in [-0.15, -0.1) is 0 Å². The van der Waals surface area contributed by atoms with Gasteiger partial charge >= 0.3 is 0 Å². The minimum atomic E-state index is -0.302. The molecule has 0 bridgehead atoms. The summed E-state index contributed by atoms with van der Waals surface area (Å²) in [5.41, 5.74) is 6.21. The van der Waals surface area contributed by atoms with Crippen LogP contribution in [0.25, 0.3) is 0 Å². The maximum atomic E-state index is 13.6. The Hall–Kier alpha value is -2.28. The van der Waals surface area contributed by atoms with Gasteiger partial charge in [0.2, 0.25) is 0 Å². The van der Waals surface area contributed by atoms with E-state index in [2.05, 4.69) is 5.43 Å². The van der Waals surface area contributed by atoms with E-state index in [1.54, 1.807) is 6.07 Å². The lowest BCUT2D eigenvalue weighted by molar-refractivity contribution is 0.607. The van der Waals surface area contributed by atoms with Crippen molar-refractivity contribution in [2.24, 2.45) is 0 Å². The van der Waals surface area contributed by atoms with Crippen molar-refractivity contribution in [1.29, 1.82) is 5.26 Å². The van der Waals surface area contributed by atoms with Crippen LogP contribution in [-0.2, 0) is 6.54 Å². The van der Waals surface area contributed by atoms with Crippen LogP contribution in [0, 0.1) is 31.0 Å². The normalized spacial score (nSPS) is 10.1. The van der Waals surface area contributed by atoms with E-state index in [-0.39, 0.29) is 5.82 Å². The number of benzene rings is 1. The second-order valence-electron chi connectivity index (χ2n) is 4.20. The van der Waals surface area contributed by atoms with Crippen molar-refractivity contribution in [3.8, 4) is 6.07 Å². The van der Waals surface area contributed by atoms with Gasteiger partial charge in [-0.2, -0.15) is 5.26 Å². The smallest absolute Gasteiger partial charge is 0.128 e. The molecule has 0 aliphatic carbocycles. The molecule has 2 rings (SSSR count). The molecule has 1 heterocycles. The molecule has 0 spiro atoms. The van der Waals surface area contributed by atoms with Gasteiger partial charge in [-0.05, 0) is 44.2 Å². The van der Waals surface area contributed by atoms with Crippen molar-refractivity contribution < 1.29 is 4.39 Å². The molecule has 2 aromatic rings. The fourth-order valence-corrected chi connectivity index (χ4v) is 1.86. The Morgan fingerprint density at radius 2 is 1.89 bits per heavy atom. The number of halogens is 1. The molecular weight excluding hydrogens is 229 g/mol. The molecule has 0 aliphatic heterocycles. The summed E-state index contributed by atoms with van der Waals surface area (Å²) < 4.78 is 15.5. The molecule has 0 aliphatic rings. The predicted molar refractivity (Wildman–Crippen MR) is 68.1 cm³/mol. The lowest BCUT2D eigenvalue weighted by Crippen LogP contribution is -2.17. The summed E-state index contributed by atoms with van der Waals surface area (Å²) >= 11 is 0. The summed E-state index contributed by atoms with van der Waals surface area (Å²) in [5, 5.41) is 8.80. The van der Waals surface area contributed by atoms with Gasteiger partial charge in [-0.1, -0.05) is 0 Å². The predicted octanol–water partition coefficient (Wildman–Crippen LogP) is 2.86. The highest BCUT2D eigenvalue weighted by Crippen LogP contribution is 2.11. The molecule has 0 saturated carbocycles. The maximum Gasteiger partial charge on any atom is 0.128 e. The average molecular weight is 243 g/mol. The van der Waals surface area contributed by atoms with Crippen molar-refractivity contribution in [3.05, 3.63) is 58.7 Å². The zero-order valence-electron chi connectivity index (χ0n) is 10.4. The van der Waals surface area contributed by atoms with Crippen LogP contribution in [-0.4, -0.2) is 4.68 Å². The highest BCUT2D eigenvalue weighted by atomic mass is 19.1. The number of hydrogen-bond donors (Lipinski definition) is 1. The van der Waals surface area contributed by atoms with Crippen LogP contribution in [0.1, 0.15) is 22.5 Å². The van der Waals surface area contributed by atoms with Crippen molar-refractivity contribution in [2.75, 3.05) is 5.43 Å². The van der Waals surface area contributed by atoms with E-state index in [1.807, 2.05) is 36.7 Å². The van der Waals surface area contributed by atoms with Gasteiger partial charge in [0.25, 0.3) is 0 Å². The molecule has 0 fully saturated rings. The van der Waals surface area contributed by atoms with Crippen LogP contribution < -0.4 is 5.43 Å². The van der Waals surface area contributed by atoms with E-state index in [4.69, 9.17) is 5.26 Å². The molecule has 3 nitrogen and oxygen atoms in total. The molecule has 4 heteroatoms. The van der Waals surface area contributed by atoms with Gasteiger partial charge in [0.05, 0.1) is 18.2 Å². The monoisotopic (exact) mass is 243 g/mol. The topological polar surface area (TPSA) is 40.8 Å². The standard InChI is InChI=1S/C14H14FN3/c1-10-3-4-11(2)18(10)17-9-13-7-12(8-16)5-6-14(13)15/h3-7,17H,9H2,1-2H3. The molecule has 0 atom stereocenters. The second-order valence-corrected chi connectivity index (χ2v) is 4.20. The largest absolute Gasteiger partial charge is 0.321 e.